The molecule has 0 unspecified atom stereocenters. The summed E-state index contributed by atoms with van der Waals surface area (Å²) in [5, 5.41) is 0.141. The fraction of sp³-hybridized carbons (Fsp3) is 0.789. The molecule has 3 aliphatic rings. The molecule has 270 valence electrons. The van der Waals surface area contributed by atoms with Crippen molar-refractivity contribution in [1.82, 2.24) is 0 Å². The van der Waals surface area contributed by atoms with E-state index < -0.39 is 8.32 Å². The quantitative estimate of drug-likeness (QED) is 0.0785. The molecule has 0 aliphatic carbocycles. The predicted octanol–water partition coefficient (Wildman–Crippen LogP) is 8.63. The number of esters is 3. The topological polar surface area (TPSA) is 105 Å². The molecule has 0 spiro atoms. The molecule has 8 nitrogen and oxygen atoms in total. The first-order valence-corrected chi connectivity index (χ1v) is 20.8. The van der Waals surface area contributed by atoms with Crippen LogP contribution in [0.1, 0.15) is 115 Å². The van der Waals surface area contributed by atoms with Crippen molar-refractivity contribution >= 4 is 32.5 Å². The molecule has 0 aromatic rings. The Morgan fingerprint density at radius 3 is 1.77 bits per heavy atom. The number of carbonyl (C=O) groups is 4. The first kappa shape index (κ1) is 42.8. The van der Waals surface area contributed by atoms with Crippen LogP contribution in [-0.2, 0) is 37.8 Å². The summed E-state index contributed by atoms with van der Waals surface area (Å²) in [4.78, 5) is 44.8. The highest BCUT2D eigenvalue weighted by Gasteiger charge is 2.47. The molecule has 0 bridgehead atoms. The van der Waals surface area contributed by atoms with Crippen molar-refractivity contribution in [2.45, 2.75) is 157 Å². The third-order valence-corrected chi connectivity index (χ3v) is 14.5. The van der Waals surface area contributed by atoms with Gasteiger partial charge in [0.1, 0.15) is 24.6 Å². The molecule has 3 saturated heterocycles. The molecule has 3 fully saturated rings. The number of ether oxygens (including phenoxy) is 3. The highest BCUT2D eigenvalue weighted by molar-refractivity contribution is 6.74. The maximum atomic E-state index is 12.1. The van der Waals surface area contributed by atoms with E-state index in [2.05, 4.69) is 80.6 Å². The molecule has 0 N–H and O–H groups in total. The Bertz CT molecular complexity index is 1060. The summed E-state index contributed by atoms with van der Waals surface area (Å²) >= 11 is 0. The van der Waals surface area contributed by atoms with Crippen LogP contribution >= 0.6 is 0 Å². The summed E-state index contributed by atoms with van der Waals surface area (Å²) < 4.78 is 22.6. The molecule has 10 atom stereocenters. The fourth-order valence-corrected chi connectivity index (χ4v) is 7.21. The Morgan fingerprint density at radius 1 is 0.766 bits per heavy atom. The zero-order valence-electron chi connectivity index (χ0n) is 31.7. The summed E-state index contributed by atoms with van der Waals surface area (Å²) in [5.74, 6) is 0.613. The molecule has 0 aromatic carbocycles. The number of hydrogen-bond donors (Lipinski definition) is 0. The van der Waals surface area contributed by atoms with Gasteiger partial charge < -0.3 is 23.4 Å². The molecule has 3 heterocycles. The van der Waals surface area contributed by atoms with Gasteiger partial charge in [0, 0.05) is 12.3 Å². The van der Waals surface area contributed by atoms with Gasteiger partial charge in [-0.2, -0.15) is 0 Å². The molecule has 0 amide bonds. The van der Waals surface area contributed by atoms with Gasteiger partial charge in [0.25, 0.3) is 0 Å². The second-order valence-electron chi connectivity index (χ2n) is 15.4. The number of carbonyl (C=O) groups excluding carboxylic acids is 4. The van der Waals surface area contributed by atoms with Gasteiger partial charge >= 0.3 is 17.9 Å². The summed E-state index contributed by atoms with van der Waals surface area (Å²) in [7, 11) is -1.90. The molecule has 0 saturated carbocycles. The van der Waals surface area contributed by atoms with Gasteiger partial charge in [-0.15, -0.1) is 0 Å². The van der Waals surface area contributed by atoms with Crippen LogP contribution in [-0.4, -0.2) is 56.9 Å². The van der Waals surface area contributed by atoms with Crippen LogP contribution in [0.4, 0.5) is 0 Å². The standard InChI is InChI=1S/C17H32O3Si.C11H18O2.C10H16O3/c1-9-10-11-14-12(2)15(13(3)16(18)19-14)20-21(7,8)17(4,5)6;1-4-5-6-10-8(2)7-9(3)11(12)13-10;1-7-6-8(2)10(12)13-9(7)4-3-5-11/h10-15H,9H2,1-8H3;5-6,8-10H,4,7H2,1-3H3;5,7-9H,3-4,6H2,1-2H3/b11-10-;6-5-;/t12-,13+,14-,15-;8-,9-,10+;7-,8-,9+/m011/s1. The van der Waals surface area contributed by atoms with Gasteiger partial charge in [-0.25, -0.2) is 0 Å². The molecule has 3 rings (SSSR count). The maximum absolute atomic E-state index is 12.1. The highest BCUT2D eigenvalue weighted by atomic mass is 28.4. The third kappa shape index (κ3) is 13.3. The van der Waals surface area contributed by atoms with Gasteiger partial charge in [0.15, 0.2) is 8.32 Å². The average Bonchev–Trinajstić information content (AvgIpc) is 2.99. The SMILES string of the molecule is CC/C=C\[C@@H]1OC(=O)[C@H](C)C[C@H]1C.CC/C=C\[C@@H]1OC(=O)[C@H](C)[C@@H](O[Si](C)(C)C(C)(C)C)[C@H]1C.C[C@@H]1C[C@@H](C)[C@H](CCC=O)OC1=O. The summed E-state index contributed by atoms with van der Waals surface area (Å²) in [5.41, 5.74) is 0. The third-order valence-electron chi connectivity index (χ3n) is 10.1. The van der Waals surface area contributed by atoms with Crippen LogP contribution in [0.25, 0.3) is 0 Å². The smallest absolute Gasteiger partial charge is 0.311 e. The number of cyclic esters (lactones) is 3. The van der Waals surface area contributed by atoms with Crippen molar-refractivity contribution in [1.29, 1.82) is 0 Å². The number of allylic oxidation sites excluding steroid dienone is 2. The van der Waals surface area contributed by atoms with Crippen LogP contribution in [0, 0.1) is 35.5 Å². The number of rotatable bonds is 9. The second kappa shape index (κ2) is 19.7. The minimum absolute atomic E-state index is 0.00338. The largest absolute Gasteiger partial charge is 0.462 e. The lowest BCUT2D eigenvalue weighted by Crippen LogP contribution is -2.53. The molecular weight excluding hydrogens is 612 g/mol. The Kier molecular flexibility index (Phi) is 17.9. The van der Waals surface area contributed by atoms with Crippen molar-refractivity contribution < 1.29 is 37.8 Å². The Balaban J connectivity index is 0.000000370. The summed E-state index contributed by atoms with van der Waals surface area (Å²) in [6.45, 7) is 27.4. The normalized spacial score (nSPS) is 33.2. The molecule has 9 heteroatoms. The van der Waals surface area contributed by atoms with Crippen molar-refractivity contribution in [3.05, 3.63) is 24.3 Å². The first-order chi connectivity index (χ1) is 21.8. The van der Waals surface area contributed by atoms with E-state index in [9.17, 15) is 19.2 Å². The lowest BCUT2D eigenvalue weighted by molar-refractivity contribution is -0.171. The van der Waals surface area contributed by atoms with Gasteiger partial charge in [0.05, 0.1) is 23.9 Å². The molecule has 47 heavy (non-hydrogen) atoms. The van der Waals surface area contributed by atoms with Gasteiger partial charge in [0.2, 0.25) is 0 Å². The monoisotopic (exact) mass is 678 g/mol. The van der Waals surface area contributed by atoms with E-state index in [1.807, 2.05) is 32.9 Å². The van der Waals surface area contributed by atoms with E-state index in [1.54, 1.807) is 0 Å². The van der Waals surface area contributed by atoms with Crippen LogP contribution in [0.3, 0.4) is 0 Å². The maximum Gasteiger partial charge on any atom is 0.311 e. The number of hydrogen-bond acceptors (Lipinski definition) is 8. The van der Waals surface area contributed by atoms with E-state index in [0.29, 0.717) is 24.7 Å². The molecular formula is C38H66O8Si. The average molecular weight is 679 g/mol. The Hall–Kier alpha value is -2.26. The first-order valence-electron chi connectivity index (χ1n) is 17.9. The molecule has 0 radical (unpaired) electrons. The van der Waals surface area contributed by atoms with E-state index in [-0.39, 0.29) is 71.0 Å². The van der Waals surface area contributed by atoms with E-state index in [0.717, 1.165) is 32.0 Å². The zero-order chi connectivity index (χ0) is 36.1. The van der Waals surface area contributed by atoms with E-state index in [4.69, 9.17) is 18.6 Å². The van der Waals surface area contributed by atoms with Gasteiger partial charge in [-0.1, -0.05) is 81.4 Å². The van der Waals surface area contributed by atoms with Crippen LogP contribution in [0.5, 0.6) is 0 Å². The lowest BCUT2D eigenvalue weighted by atomic mass is 9.86. The van der Waals surface area contributed by atoms with Crippen LogP contribution < -0.4 is 0 Å². The highest BCUT2D eigenvalue weighted by Crippen LogP contribution is 2.41. The lowest BCUT2D eigenvalue weighted by Gasteiger charge is -2.45. The molecule has 3 aliphatic heterocycles. The molecule has 0 aromatic heterocycles. The van der Waals surface area contributed by atoms with Crippen molar-refractivity contribution in [3.8, 4) is 0 Å². The Morgan fingerprint density at radius 2 is 1.26 bits per heavy atom. The minimum atomic E-state index is -1.90. The predicted molar refractivity (Wildman–Crippen MR) is 190 cm³/mol. The van der Waals surface area contributed by atoms with Crippen LogP contribution in [0.15, 0.2) is 24.3 Å². The van der Waals surface area contributed by atoms with E-state index >= 15 is 0 Å². The van der Waals surface area contributed by atoms with Gasteiger partial charge in [-0.3, -0.25) is 14.4 Å². The zero-order valence-corrected chi connectivity index (χ0v) is 32.7. The Labute approximate surface area is 286 Å². The van der Waals surface area contributed by atoms with Crippen molar-refractivity contribution in [2.24, 2.45) is 35.5 Å². The second-order valence-corrected chi connectivity index (χ2v) is 20.2. The fourth-order valence-electron chi connectivity index (χ4n) is 5.75. The minimum Gasteiger partial charge on any atom is -0.462 e. The summed E-state index contributed by atoms with van der Waals surface area (Å²) in [6, 6.07) is 0. The van der Waals surface area contributed by atoms with E-state index in [1.165, 1.54) is 0 Å². The van der Waals surface area contributed by atoms with Gasteiger partial charge in [-0.05, 0) is 81.1 Å². The van der Waals surface area contributed by atoms with Crippen molar-refractivity contribution in [2.75, 3.05) is 0 Å². The van der Waals surface area contributed by atoms with Crippen LogP contribution in [0.2, 0.25) is 18.1 Å². The number of aldehydes is 1. The van der Waals surface area contributed by atoms with Crippen molar-refractivity contribution in [3.63, 3.8) is 0 Å². The summed E-state index contributed by atoms with van der Waals surface area (Å²) in [6.07, 6.45) is 13.7.